The summed E-state index contributed by atoms with van der Waals surface area (Å²) in [6.07, 6.45) is 3.85. The van der Waals surface area contributed by atoms with Crippen LogP contribution in [0, 0.1) is 0 Å². The monoisotopic (exact) mass is 350 g/mol. The van der Waals surface area contributed by atoms with Gasteiger partial charge in [-0.3, -0.25) is 9.78 Å². The molecule has 25 heavy (non-hydrogen) atoms. The van der Waals surface area contributed by atoms with E-state index in [1.807, 2.05) is 42.5 Å². The molecule has 0 atom stereocenters. The molecule has 1 amide bonds. The number of nitrogens with zero attached hydrogens (tertiary/aromatic N) is 1. The number of fused-ring (bicyclic) bond motifs is 1. The molecule has 0 aliphatic carbocycles. The number of benzene rings is 2. The van der Waals surface area contributed by atoms with Crippen LogP contribution in [0.25, 0.3) is 22.3 Å². The highest BCUT2D eigenvalue weighted by atomic mass is 35.5. The van der Waals surface area contributed by atoms with E-state index in [1.54, 1.807) is 19.5 Å². The van der Waals surface area contributed by atoms with Gasteiger partial charge in [0.05, 0.1) is 19.7 Å². The number of amides is 1. The maximum Gasteiger partial charge on any atom is 0.228 e. The minimum atomic E-state index is 0.0172. The summed E-state index contributed by atoms with van der Waals surface area (Å²) in [4.78, 5) is 15.9. The Balaban J connectivity index is 1.88. The van der Waals surface area contributed by atoms with Crippen LogP contribution in [0.2, 0.25) is 5.02 Å². The number of halogens is 1. The van der Waals surface area contributed by atoms with Crippen LogP contribution >= 0.6 is 11.6 Å². The topological polar surface area (TPSA) is 51.2 Å². The molecule has 0 unspecified atom stereocenters. The van der Waals surface area contributed by atoms with Crippen molar-refractivity contribution in [2.45, 2.75) is 6.42 Å². The molecule has 1 aliphatic rings. The van der Waals surface area contributed by atoms with Gasteiger partial charge in [-0.2, -0.15) is 0 Å². The van der Waals surface area contributed by atoms with E-state index in [0.717, 1.165) is 33.5 Å². The summed E-state index contributed by atoms with van der Waals surface area (Å²) in [5.41, 5.74) is 5.63. The molecule has 0 saturated carbocycles. The first-order valence-corrected chi connectivity index (χ1v) is 8.24. The van der Waals surface area contributed by atoms with E-state index in [-0.39, 0.29) is 5.91 Å². The summed E-state index contributed by atoms with van der Waals surface area (Å²) in [6, 6.07) is 13.6. The van der Waals surface area contributed by atoms with Crippen molar-refractivity contribution in [1.82, 2.24) is 4.98 Å². The van der Waals surface area contributed by atoms with Gasteiger partial charge in [0.25, 0.3) is 0 Å². The first-order valence-electron chi connectivity index (χ1n) is 7.87. The molecular formula is C20H15ClN2O2. The summed E-state index contributed by atoms with van der Waals surface area (Å²) in [5.74, 6) is 0.704. The van der Waals surface area contributed by atoms with Crippen molar-refractivity contribution in [2.75, 3.05) is 12.4 Å². The van der Waals surface area contributed by atoms with Gasteiger partial charge >= 0.3 is 0 Å². The van der Waals surface area contributed by atoms with Gasteiger partial charge in [-0.1, -0.05) is 29.8 Å². The fourth-order valence-corrected chi connectivity index (χ4v) is 3.40. The van der Waals surface area contributed by atoms with Crippen LogP contribution in [-0.4, -0.2) is 18.0 Å². The van der Waals surface area contributed by atoms with Crippen LogP contribution in [0.3, 0.4) is 0 Å². The molecule has 1 aliphatic heterocycles. The normalized spacial score (nSPS) is 12.6. The SMILES string of the molecule is COc1cncc(-c2cccc(Cl)c2-c2ccc3c(c2)CC(=O)N3)c1. The summed E-state index contributed by atoms with van der Waals surface area (Å²) in [6.45, 7) is 0. The van der Waals surface area contributed by atoms with E-state index in [1.165, 1.54) is 0 Å². The highest BCUT2D eigenvalue weighted by Gasteiger charge is 2.19. The summed E-state index contributed by atoms with van der Waals surface area (Å²) < 4.78 is 5.28. The van der Waals surface area contributed by atoms with Crippen LogP contribution in [0.15, 0.2) is 54.9 Å². The van der Waals surface area contributed by atoms with Crippen molar-refractivity contribution in [1.29, 1.82) is 0 Å². The Labute approximate surface area is 150 Å². The number of rotatable bonds is 3. The summed E-state index contributed by atoms with van der Waals surface area (Å²) >= 11 is 6.53. The third-order valence-corrected chi connectivity index (χ3v) is 4.61. The van der Waals surface area contributed by atoms with Gasteiger partial charge in [0.15, 0.2) is 0 Å². The Hall–Kier alpha value is -2.85. The van der Waals surface area contributed by atoms with E-state index in [0.29, 0.717) is 17.2 Å². The van der Waals surface area contributed by atoms with Crippen molar-refractivity contribution in [3.63, 3.8) is 0 Å². The van der Waals surface area contributed by atoms with Gasteiger partial charge in [0, 0.05) is 28.0 Å². The molecule has 0 radical (unpaired) electrons. The molecular weight excluding hydrogens is 336 g/mol. The lowest BCUT2D eigenvalue weighted by Crippen LogP contribution is -2.03. The molecule has 1 aromatic heterocycles. The smallest absolute Gasteiger partial charge is 0.228 e. The lowest BCUT2D eigenvalue weighted by molar-refractivity contribution is -0.115. The Morgan fingerprint density at radius 1 is 1.12 bits per heavy atom. The third kappa shape index (κ3) is 2.85. The number of carbonyl (C=O) groups is 1. The number of hydrogen-bond donors (Lipinski definition) is 1. The molecule has 4 nitrogen and oxygen atoms in total. The molecule has 0 saturated heterocycles. The minimum absolute atomic E-state index is 0.0172. The quantitative estimate of drug-likeness (QED) is 0.752. The van der Waals surface area contributed by atoms with Crippen molar-refractivity contribution >= 4 is 23.2 Å². The molecule has 2 heterocycles. The number of ether oxygens (including phenoxy) is 1. The van der Waals surface area contributed by atoms with Crippen molar-refractivity contribution in [3.05, 3.63) is 65.4 Å². The first-order chi connectivity index (χ1) is 12.2. The maximum absolute atomic E-state index is 11.6. The second-order valence-electron chi connectivity index (χ2n) is 5.87. The van der Waals surface area contributed by atoms with E-state index in [4.69, 9.17) is 16.3 Å². The fraction of sp³-hybridized carbons (Fsp3) is 0.100. The Bertz CT molecular complexity index is 985. The Morgan fingerprint density at radius 3 is 2.84 bits per heavy atom. The van der Waals surface area contributed by atoms with Crippen LogP contribution in [0.5, 0.6) is 5.75 Å². The molecule has 4 rings (SSSR count). The lowest BCUT2D eigenvalue weighted by Gasteiger charge is -2.13. The van der Waals surface area contributed by atoms with E-state index in [9.17, 15) is 4.79 Å². The predicted octanol–water partition coefficient (Wildman–Crippen LogP) is 4.57. The lowest BCUT2D eigenvalue weighted by atomic mass is 9.94. The zero-order valence-corrected chi connectivity index (χ0v) is 14.3. The van der Waals surface area contributed by atoms with Gasteiger partial charge in [0.2, 0.25) is 5.91 Å². The fourth-order valence-electron chi connectivity index (χ4n) is 3.12. The van der Waals surface area contributed by atoms with Crippen LogP contribution in [-0.2, 0) is 11.2 Å². The number of carbonyl (C=O) groups excluding carboxylic acids is 1. The van der Waals surface area contributed by atoms with Gasteiger partial charge in [-0.15, -0.1) is 0 Å². The van der Waals surface area contributed by atoms with E-state index < -0.39 is 0 Å². The van der Waals surface area contributed by atoms with E-state index >= 15 is 0 Å². The first kappa shape index (κ1) is 15.7. The van der Waals surface area contributed by atoms with Crippen LogP contribution in [0.1, 0.15) is 5.56 Å². The zero-order chi connectivity index (χ0) is 17.4. The largest absolute Gasteiger partial charge is 0.495 e. The Morgan fingerprint density at radius 2 is 2.00 bits per heavy atom. The molecule has 0 bridgehead atoms. The third-order valence-electron chi connectivity index (χ3n) is 4.29. The molecule has 0 spiro atoms. The molecule has 124 valence electrons. The highest BCUT2D eigenvalue weighted by molar-refractivity contribution is 6.34. The van der Waals surface area contributed by atoms with Gasteiger partial charge in [-0.05, 0) is 41.0 Å². The molecule has 1 N–H and O–H groups in total. The average Bonchev–Trinajstić information content (AvgIpc) is 3.00. The number of aromatic nitrogens is 1. The second-order valence-corrected chi connectivity index (χ2v) is 6.28. The van der Waals surface area contributed by atoms with Crippen LogP contribution < -0.4 is 10.1 Å². The zero-order valence-electron chi connectivity index (χ0n) is 13.5. The predicted molar refractivity (Wildman–Crippen MR) is 99.0 cm³/mol. The Kier molecular flexibility index (Phi) is 3.90. The van der Waals surface area contributed by atoms with Crippen molar-refractivity contribution in [2.24, 2.45) is 0 Å². The highest BCUT2D eigenvalue weighted by Crippen LogP contribution is 2.40. The second kappa shape index (κ2) is 6.22. The number of hydrogen-bond acceptors (Lipinski definition) is 3. The average molecular weight is 351 g/mol. The summed E-state index contributed by atoms with van der Waals surface area (Å²) in [5, 5.41) is 3.50. The minimum Gasteiger partial charge on any atom is -0.495 e. The summed E-state index contributed by atoms with van der Waals surface area (Å²) in [7, 11) is 1.62. The van der Waals surface area contributed by atoms with Gasteiger partial charge in [0.1, 0.15) is 5.75 Å². The number of pyridine rings is 1. The standard InChI is InChI=1S/C20H15ClN2O2/c1-25-15-8-14(10-22-11-15)16-3-2-4-17(21)20(16)12-5-6-18-13(7-12)9-19(24)23-18/h2-8,10-11H,9H2,1H3,(H,23,24). The van der Waals surface area contributed by atoms with Crippen molar-refractivity contribution in [3.8, 4) is 28.0 Å². The van der Waals surface area contributed by atoms with Crippen LogP contribution in [0.4, 0.5) is 5.69 Å². The number of methoxy groups -OCH3 is 1. The maximum atomic E-state index is 11.6. The van der Waals surface area contributed by atoms with Gasteiger partial charge in [-0.25, -0.2) is 0 Å². The molecule has 2 aromatic carbocycles. The van der Waals surface area contributed by atoms with E-state index in [2.05, 4.69) is 10.3 Å². The molecule has 3 aromatic rings. The molecule has 0 fully saturated rings. The molecule has 5 heteroatoms. The number of anilines is 1. The van der Waals surface area contributed by atoms with Crippen molar-refractivity contribution < 1.29 is 9.53 Å². The number of nitrogens with one attached hydrogen (secondary N) is 1. The van der Waals surface area contributed by atoms with Gasteiger partial charge < -0.3 is 10.1 Å².